The Labute approximate surface area is 164 Å². The van der Waals surface area contributed by atoms with Crippen LogP contribution in [-0.4, -0.2) is 16.8 Å². The molecule has 3 nitrogen and oxygen atoms in total. The Morgan fingerprint density at radius 2 is 1.85 bits per heavy atom. The summed E-state index contributed by atoms with van der Waals surface area (Å²) in [5, 5.41) is 0. The fourth-order valence-electron chi connectivity index (χ4n) is 2.72. The van der Waals surface area contributed by atoms with Crippen molar-refractivity contribution < 1.29 is 9.53 Å². The third-order valence-corrected chi connectivity index (χ3v) is 5.40. The number of thiocarbonyl (C=S) groups is 1. The van der Waals surface area contributed by atoms with Crippen molar-refractivity contribution in [1.82, 2.24) is 0 Å². The molecule has 134 valence electrons. The molecule has 0 atom stereocenters. The van der Waals surface area contributed by atoms with E-state index in [1.807, 2.05) is 49.4 Å². The van der Waals surface area contributed by atoms with E-state index in [4.69, 9.17) is 17.0 Å². The molecule has 1 heterocycles. The summed E-state index contributed by atoms with van der Waals surface area (Å²) in [5.41, 5.74) is 2.96. The second kappa shape index (κ2) is 8.06. The first-order valence-electron chi connectivity index (χ1n) is 8.61. The molecule has 0 aromatic heterocycles. The lowest BCUT2D eigenvalue weighted by atomic mass is 10.0. The van der Waals surface area contributed by atoms with Gasteiger partial charge in [0.2, 0.25) is 0 Å². The number of carbonyl (C=O) groups excluding carboxylic acids is 1. The molecule has 0 N–H and O–H groups in total. The van der Waals surface area contributed by atoms with E-state index in [1.165, 1.54) is 17.3 Å². The van der Waals surface area contributed by atoms with Crippen molar-refractivity contribution in [1.29, 1.82) is 0 Å². The van der Waals surface area contributed by atoms with Crippen LogP contribution in [-0.2, 0) is 4.79 Å². The van der Waals surface area contributed by atoms with Crippen molar-refractivity contribution in [2.24, 2.45) is 0 Å². The maximum atomic E-state index is 12.9. The first-order chi connectivity index (χ1) is 12.5. The molecular weight excluding hydrogens is 362 g/mol. The van der Waals surface area contributed by atoms with Gasteiger partial charge in [0.15, 0.2) is 4.32 Å². The van der Waals surface area contributed by atoms with E-state index in [0.717, 1.165) is 5.56 Å². The van der Waals surface area contributed by atoms with E-state index in [9.17, 15) is 4.79 Å². The molecule has 0 aliphatic carbocycles. The molecule has 5 heteroatoms. The van der Waals surface area contributed by atoms with E-state index < -0.39 is 0 Å². The third kappa shape index (κ3) is 3.84. The first kappa shape index (κ1) is 18.7. The Morgan fingerprint density at radius 3 is 2.50 bits per heavy atom. The summed E-state index contributed by atoms with van der Waals surface area (Å²) in [6.45, 7) is 6.78. The van der Waals surface area contributed by atoms with Crippen molar-refractivity contribution in [3.05, 3.63) is 64.6 Å². The highest BCUT2D eigenvalue weighted by Gasteiger charge is 2.34. The van der Waals surface area contributed by atoms with Gasteiger partial charge in [0.25, 0.3) is 5.91 Å². The van der Waals surface area contributed by atoms with Crippen molar-refractivity contribution in [3.63, 3.8) is 0 Å². The van der Waals surface area contributed by atoms with Gasteiger partial charge in [-0.25, -0.2) is 0 Å². The van der Waals surface area contributed by atoms with Gasteiger partial charge in [0.05, 0.1) is 17.2 Å². The lowest BCUT2D eigenvalue weighted by molar-refractivity contribution is -0.113. The summed E-state index contributed by atoms with van der Waals surface area (Å²) in [4.78, 5) is 15.1. The molecule has 1 fully saturated rings. The van der Waals surface area contributed by atoms with Gasteiger partial charge in [0.1, 0.15) is 5.75 Å². The summed E-state index contributed by atoms with van der Waals surface area (Å²) in [7, 11) is 0. The van der Waals surface area contributed by atoms with Crippen LogP contribution in [0.5, 0.6) is 5.75 Å². The quantitative estimate of drug-likeness (QED) is 0.495. The lowest BCUT2D eigenvalue weighted by Gasteiger charge is -2.18. The fourth-order valence-corrected chi connectivity index (χ4v) is 4.01. The molecular formula is C21H21NO2S2. The molecule has 0 spiro atoms. The number of carbonyl (C=O) groups is 1. The van der Waals surface area contributed by atoms with Crippen molar-refractivity contribution in [3.8, 4) is 5.75 Å². The van der Waals surface area contributed by atoms with Crippen LogP contribution < -0.4 is 9.64 Å². The van der Waals surface area contributed by atoms with Gasteiger partial charge < -0.3 is 4.74 Å². The van der Waals surface area contributed by atoms with E-state index in [0.29, 0.717) is 33.2 Å². The van der Waals surface area contributed by atoms with E-state index in [-0.39, 0.29) is 5.91 Å². The molecule has 0 saturated carbocycles. The molecule has 1 aliphatic rings. The molecule has 0 unspecified atom stereocenters. The molecule has 26 heavy (non-hydrogen) atoms. The summed E-state index contributed by atoms with van der Waals surface area (Å²) in [6.07, 6.45) is 1.90. The highest BCUT2D eigenvalue weighted by molar-refractivity contribution is 8.27. The van der Waals surface area contributed by atoms with Crippen LogP contribution in [0.2, 0.25) is 0 Å². The van der Waals surface area contributed by atoms with Gasteiger partial charge in [-0.05, 0) is 42.2 Å². The first-order valence-corrected chi connectivity index (χ1v) is 9.83. The summed E-state index contributed by atoms with van der Waals surface area (Å²) in [5.74, 6) is 1.03. The largest absolute Gasteiger partial charge is 0.492 e. The summed E-state index contributed by atoms with van der Waals surface area (Å²) >= 11 is 6.79. The Kier molecular flexibility index (Phi) is 5.79. The normalized spacial score (nSPS) is 16.0. The number of amides is 1. The lowest BCUT2D eigenvalue weighted by Crippen LogP contribution is -2.28. The van der Waals surface area contributed by atoms with Crippen LogP contribution in [0.15, 0.2) is 53.4 Å². The monoisotopic (exact) mass is 383 g/mol. The fraction of sp³-hybridized carbons (Fsp3) is 0.238. The number of ether oxygens (including phenoxy) is 1. The smallest absolute Gasteiger partial charge is 0.270 e. The topological polar surface area (TPSA) is 29.5 Å². The summed E-state index contributed by atoms with van der Waals surface area (Å²) in [6, 6.07) is 15.8. The minimum atomic E-state index is -0.111. The predicted octanol–water partition coefficient (Wildman–Crippen LogP) is 5.61. The number of nitrogens with zero attached hydrogens (tertiary/aromatic N) is 1. The van der Waals surface area contributed by atoms with Gasteiger partial charge in [-0.15, -0.1) is 0 Å². The van der Waals surface area contributed by atoms with Gasteiger partial charge in [-0.3, -0.25) is 9.69 Å². The molecule has 2 aromatic rings. The minimum Gasteiger partial charge on any atom is -0.492 e. The van der Waals surface area contributed by atoms with Crippen LogP contribution >= 0.6 is 24.0 Å². The number of rotatable bonds is 5. The highest BCUT2D eigenvalue weighted by Crippen LogP contribution is 2.39. The molecule has 1 saturated heterocycles. The van der Waals surface area contributed by atoms with Crippen LogP contribution in [0.4, 0.5) is 5.69 Å². The van der Waals surface area contributed by atoms with Gasteiger partial charge in [-0.2, -0.15) is 0 Å². The second-order valence-corrected chi connectivity index (χ2v) is 7.91. The van der Waals surface area contributed by atoms with E-state index >= 15 is 0 Å². The molecule has 1 aliphatic heterocycles. The maximum Gasteiger partial charge on any atom is 0.270 e. The Balaban J connectivity index is 1.89. The Bertz CT molecular complexity index is 857. The average molecular weight is 384 g/mol. The van der Waals surface area contributed by atoms with Crippen molar-refractivity contribution in [2.45, 2.75) is 26.7 Å². The zero-order valence-electron chi connectivity index (χ0n) is 15.1. The van der Waals surface area contributed by atoms with Crippen LogP contribution in [0.1, 0.15) is 37.8 Å². The van der Waals surface area contributed by atoms with Crippen molar-refractivity contribution >= 4 is 46.0 Å². The standard InChI is InChI=1S/C21H21NO2S2/c1-4-24-18-8-6-5-7-17(18)22-20(23)19(26-21(22)25)13-15-9-11-16(12-10-15)14(2)3/h5-14H,4H2,1-3H3. The van der Waals surface area contributed by atoms with Crippen LogP contribution in [0, 0.1) is 0 Å². The van der Waals surface area contributed by atoms with Crippen LogP contribution in [0.3, 0.4) is 0 Å². The zero-order chi connectivity index (χ0) is 18.7. The SMILES string of the molecule is CCOc1ccccc1N1C(=O)C(=Cc2ccc(C(C)C)cc2)SC1=S. The number of hydrogen-bond acceptors (Lipinski definition) is 4. The number of hydrogen-bond donors (Lipinski definition) is 0. The average Bonchev–Trinajstić information content (AvgIpc) is 2.90. The second-order valence-electron chi connectivity index (χ2n) is 6.24. The Hall–Kier alpha value is -2.11. The van der Waals surface area contributed by atoms with E-state index in [1.54, 1.807) is 4.90 Å². The Morgan fingerprint density at radius 1 is 1.15 bits per heavy atom. The summed E-state index contributed by atoms with van der Waals surface area (Å²) < 4.78 is 6.17. The highest BCUT2D eigenvalue weighted by atomic mass is 32.2. The van der Waals surface area contributed by atoms with Crippen LogP contribution in [0.25, 0.3) is 6.08 Å². The van der Waals surface area contributed by atoms with Gasteiger partial charge in [0, 0.05) is 0 Å². The molecule has 2 aromatic carbocycles. The molecule has 0 bridgehead atoms. The zero-order valence-corrected chi connectivity index (χ0v) is 16.7. The van der Waals surface area contributed by atoms with Crippen molar-refractivity contribution in [2.75, 3.05) is 11.5 Å². The van der Waals surface area contributed by atoms with Gasteiger partial charge in [-0.1, -0.05) is 74.2 Å². The number of para-hydroxylation sites is 2. The number of thioether (sulfide) groups is 1. The molecule has 3 rings (SSSR count). The third-order valence-electron chi connectivity index (χ3n) is 4.10. The molecule has 0 radical (unpaired) electrons. The minimum absolute atomic E-state index is 0.111. The number of anilines is 1. The number of benzene rings is 2. The molecule has 1 amide bonds. The van der Waals surface area contributed by atoms with E-state index in [2.05, 4.69) is 26.0 Å². The van der Waals surface area contributed by atoms with Gasteiger partial charge >= 0.3 is 0 Å². The predicted molar refractivity (Wildman–Crippen MR) is 114 cm³/mol. The maximum absolute atomic E-state index is 12.9.